The number of hydrogen-bond acceptors (Lipinski definition) is 10. The molecule has 23 heavy (non-hydrogen) atoms. The van der Waals surface area contributed by atoms with Crippen molar-refractivity contribution in [3.05, 3.63) is 0 Å². The molecule has 1 rings (SSSR count). The fraction of sp³-hybridized carbons (Fsp3) is 0.833. The molecule has 0 radical (unpaired) electrons. The molecule has 0 aliphatic carbocycles. The zero-order valence-electron chi connectivity index (χ0n) is 12.0. The van der Waals surface area contributed by atoms with Crippen molar-refractivity contribution in [3.63, 3.8) is 0 Å². The molecule has 0 aromatic carbocycles. The number of carboxylic acids is 1. The molecule has 11 nitrogen and oxygen atoms in total. The normalized spacial score (nSPS) is 36.7. The first-order valence-electron chi connectivity index (χ1n) is 6.69. The summed E-state index contributed by atoms with van der Waals surface area (Å²) in [6.45, 7) is 1.13. The van der Waals surface area contributed by atoms with Gasteiger partial charge in [-0.25, -0.2) is 4.79 Å². The molecule has 0 unspecified atom stereocenters. The Kier molecular flexibility index (Phi) is 6.98. The minimum atomic E-state index is -1.95. The van der Waals surface area contributed by atoms with Crippen molar-refractivity contribution >= 4 is 12.3 Å². The topological polar surface area (TPSA) is 194 Å². The zero-order valence-corrected chi connectivity index (χ0v) is 12.0. The van der Waals surface area contributed by atoms with E-state index in [1.54, 1.807) is 0 Å². The maximum Gasteiger partial charge on any atom is 0.335 e. The van der Waals surface area contributed by atoms with E-state index in [9.17, 15) is 40.2 Å². The summed E-state index contributed by atoms with van der Waals surface area (Å²) >= 11 is 0. The Morgan fingerprint density at radius 2 is 1.70 bits per heavy atom. The van der Waals surface area contributed by atoms with Gasteiger partial charge in [-0.1, -0.05) is 0 Å². The Balaban J connectivity index is 2.97. The van der Waals surface area contributed by atoms with E-state index in [0.717, 1.165) is 6.92 Å². The molecule has 1 aliphatic rings. The van der Waals surface area contributed by atoms with E-state index in [1.165, 1.54) is 0 Å². The summed E-state index contributed by atoms with van der Waals surface area (Å²) in [6.07, 6.45) is -16.6. The summed E-state index contributed by atoms with van der Waals surface area (Å²) < 4.78 is 9.78. The lowest BCUT2D eigenvalue weighted by Crippen LogP contribution is -2.62. The van der Waals surface area contributed by atoms with Crippen LogP contribution in [0.3, 0.4) is 0 Å². The second-order valence-electron chi connectivity index (χ2n) is 5.19. The highest BCUT2D eigenvalue weighted by atomic mass is 16.7. The van der Waals surface area contributed by atoms with Crippen LogP contribution in [-0.4, -0.2) is 103 Å². The average molecular weight is 340 g/mol. The Morgan fingerprint density at radius 3 is 2.13 bits per heavy atom. The third-order valence-corrected chi connectivity index (χ3v) is 3.41. The van der Waals surface area contributed by atoms with Crippen molar-refractivity contribution in [2.45, 2.75) is 62.0 Å². The Labute approximate surface area is 130 Å². The number of hydrogen-bond donors (Lipinski definition) is 7. The van der Waals surface area contributed by atoms with Crippen LogP contribution in [0.2, 0.25) is 0 Å². The highest BCUT2D eigenvalue weighted by Gasteiger charge is 2.49. The van der Waals surface area contributed by atoms with Gasteiger partial charge in [0.15, 0.2) is 18.7 Å². The number of ether oxygens (including phenoxy) is 2. The summed E-state index contributed by atoms with van der Waals surface area (Å²) in [4.78, 5) is 21.6. The first-order chi connectivity index (χ1) is 10.6. The fourth-order valence-electron chi connectivity index (χ4n) is 2.03. The van der Waals surface area contributed by atoms with Crippen molar-refractivity contribution < 1.29 is 54.8 Å². The van der Waals surface area contributed by atoms with Gasteiger partial charge in [0.2, 0.25) is 0 Å². The predicted octanol–water partition coefficient (Wildman–Crippen LogP) is -4.43. The van der Waals surface area contributed by atoms with E-state index < -0.39 is 61.1 Å². The molecule has 9 atom stereocenters. The lowest BCUT2D eigenvalue weighted by molar-refractivity contribution is -0.317. The number of aliphatic carboxylic acids is 1. The van der Waals surface area contributed by atoms with Crippen molar-refractivity contribution in [1.82, 2.24) is 0 Å². The van der Waals surface area contributed by atoms with E-state index in [4.69, 9.17) is 14.6 Å². The molecule has 0 bridgehead atoms. The van der Waals surface area contributed by atoms with Crippen LogP contribution in [0.1, 0.15) is 6.92 Å². The van der Waals surface area contributed by atoms with E-state index in [1.807, 2.05) is 0 Å². The molecule has 1 fully saturated rings. The number of aldehydes is 1. The maximum atomic E-state index is 11.0. The number of rotatable bonds is 7. The van der Waals surface area contributed by atoms with Gasteiger partial charge in [0, 0.05) is 0 Å². The lowest BCUT2D eigenvalue weighted by Gasteiger charge is -2.40. The molecule has 0 amide bonds. The quantitative estimate of drug-likeness (QED) is 0.221. The van der Waals surface area contributed by atoms with Crippen LogP contribution < -0.4 is 0 Å². The zero-order chi connectivity index (χ0) is 17.9. The second kappa shape index (κ2) is 8.08. The largest absolute Gasteiger partial charge is 0.479 e. The number of aliphatic hydroxyl groups is 6. The summed E-state index contributed by atoms with van der Waals surface area (Å²) in [5.74, 6) is -1.65. The standard InChI is InChI=1S/C12H20O11/c1-3(14)5(16)9(4(15)2-13)22-12-8(19)6(17)7(18)10(23-12)11(20)21/h2-10,12,14-19H,1H3,(H,20,21)/t3-,4-,5-,6-,7-,8+,9-,10-,12+/m0/s1. The molecule has 0 spiro atoms. The van der Waals surface area contributed by atoms with Crippen molar-refractivity contribution in [3.8, 4) is 0 Å². The molecule has 11 heteroatoms. The van der Waals surface area contributed by atoms with E-state index in [2.05, 4.69) is 0 Å². The van der Waals surface area contributed by atoms with Gasteiger partial charge in [0.25, 0.3) is 0 Å². The van der Waals surface area contributed by atoms with Gasteiger partial charge >= 0.3 is 5.97 Å². The highest BCUT2D eigenvalue weighted by molar-refractivity contribution is 5.73. The van der Waals surface area contributed by atoms with Gasteiger partial charge in [-0.2, -0.15) is 0 Å². The van der Waals surface area contributed by atoms with E-state index in [-0.39, 0.29) is 6.29 Å². The molecule has 0 aromatic heterocycles. The van der Waals surface area contributed by atoms with E-state index in [0.29, 0.717) is 0 Å². The summed E-state index contributed by atoms with van der Waals surface area (Å²) in [5.41, 5.74) is 0. The molecule has 134 valence electrons. The van der Waals surface area contributed by atoms with Gasteiger partial charge in [-0.05, 0) is 6.92 Å². The van der Waals surface area contributed by atoms with Crippen LogP contribution in [0.5, 0.6) is 0 Å². The number of aliphatic hydroxyl groups excluding tert-OH is 6. The lowest BCUT2D eigenvalue weighted by atomic mass is 9.98. The van der Waals surface area contributed by atoms with Gasteiger partial charge < -0.3 is 50.0 Å². The van der Waals surface area contributed by atoms with Crippen LogP contribution in [0.4, 0.5) is 0 Å². The minimum Gasteiger partial charge on any atom is -0.479 e. The van der Waals surface area contributed by atoms with Crippen molar-refractivity contribution in [2.75, 3.05) is 0 Å². The van der Waals surface area contributed by atoms with Crippen molar-refractivity contribution in [2.24, 2.45) is 0 Å². The van der Waals surface area contributed by atoms with Gasteiger partial charge in [0.1, 0.15) is 36.6 Å². The summed E-state index contributed by atoms with van der Waals surface area (Å²) in [6, 6.07) is 0. The van der Waals surface area contributed by atoms with Gasteiger partial charge in [-0.15, -0.1) is 0 Å². The van der Waals surface area contributed by atoms with Crippen LogP contribution in [0.25, 0.3) is 0 Å². The maximum absolute atomic E-state index is 11.0. The third kappa shape index (κ3) is 4.43. The van der Waals surface area contributed by atoms with Crippen LogP contribution in [0, 0.1) is 0 Å². The third-order valence-electron chi connectivity index (χ3n) is 3.41. The number of carbonyl (C=O) groups is 2. The highest BCUT2D eigenvalue weighted by Crippen LogP contribution is 2.25. The monoisotopic (exact) mass is 340 g/mol. The average Bonchev–Trinajstić information content (AvgIpc) is 2.50. The molecule has 0 aromatic rings. The predicted molar refractivity (Wildman–Crippen MR) is 68.9 cm³/mol. The Morgan fingerprint density at radius 1 is 1.13 bits per heavy atom. The molecule has 7 N–H and O–H groups in total. The molecular weight excluding hydrogens is 320 g/mol. The number of carbonyl (C=O) groups excluding carboxylic acids is 1. The first-order valence-corrected chi connectivity index (χ1v) is 6.69. The molecule has 1 heterocycles. The smallest absolute Gasteiger partial charge is 0.335 e. The Hall–Kier alpha value is -1.18. The molecule has 1 aliphatic heterocycles. The van der Waals surface area contributed by atoms with Gasteiger partial charge in [-0.3, -0.25) is 0 Å². The second-order valence-corrected chi connectivity index (χ2v) is 5.19. The van der Waals surface area contributed by atoms with E-state index >= 15 is 0 Å². The fourth-order valence-corrected chi connectivity index (χ4v) is 2.03. The first kappa shape index (κ1) is 19.9. The SMILES string of the molecule is C[C@H](O)[C@H](O)[C@@H](O[C@@H]1O[C@H](C(=O)O)[C@@H](O)[C@H](O)[C@H]1O)[C@@H](O)C=O. The number of carboxylic acid groups (broad SMARTS) is 1. The molecule has 0 saturated carbocycles. The van der Waals surface area contributed by atoms with Crippen LogP contribution >= 0.6 is 0 Å². The summed E-state index contributed by atoms with van der Waals surface area (Å²) in [5, 5.41) is 66.4. The molecule has 1 saturated heterocycles. The minimum absolute atomic E-state index is 0.00850. The Bertz CT molecular complexity index is 414. The van der Waals surface area contributed by atoms with Gasteiger partial charge in [0.05, 0.1) is 6.10 Å². The van der Waals surface area contributed by atoms with Crippen LogP contribution in [0.15, 0.2) is 0 Å². The molecular formula is C12H20O11. The van der Waals surface area contributed by atoms with Crippen LogP contribution in [-0.2, 0) is 19.1 Å². The summed E-state index contributed by atoms with van der Waals surface area (Å²) in [7, 11) is 0. The van der Waals surface area contributed by atoms with Crippen molar-refractivity contribution in [1.29, 1.82) is 0 Å².